The molecule has 0 radical (unpaired) electrons. The van der Waals surface area contributed by atoms with Gasteiger partial charge < -0.3 is 5.11 Å². The minimum atomic E-state index is -0.661. The molecule has 1 aromatic rings. The predicted octanol–water partition coefficient (Wildman–Crippen LogP) is 8.36. The highest BCUT2D eigenvalue weighted by Gasteiger charge is 2.70. The fourth-order valence-corrected chi connectivity index (χ4v) is 11.4. The van der Waals surface area contributed by atoms with Crippen molar-refractivity contribution < 1.29 is 14.7 Å². The van der Waals surface area contributed by atoms with E-state index in [-0.39, 0.29) is 33.0 Å². The van der Waals surface area contributed by atoms with E-state index in [0.717, 1.165) is 57.8 Å². The number of aromatic nitrogens is 1. The molecule has 7 unspecified atom stereocenters. The Hall–Kier alpha value is -1.97. The molecule has 4 nitrogen and oxygen atoms in total. The van der Waals surface area contributed by atoms with E-state index >= 15 is 0 Å². The first kappa shape index (κ1) is 27.2. The van der Waals surface area contributed by atoms with Gasteiger partial charge in [0.2, 0.25) is 0 Å². The van der Waals surface area contributed by atoms with Crippen molar-refractivity contribution in [2.24, 2.45) is 50.2 Å². The third kappa shape index (κ3) is 3.45. The maximum atomic E-state index is 13.2. The molecule has 39 heavy (non-hydrogen) atoms. The number of Topliss-reactive ketones (excluding diaryl/α,β-unsaturated/α-hetero) is 1. The van der Waals surface area contributed by atoms with E-state index in [1.54, 1.807) is 0 Å². The largest absolute Gasteiger partial charge is 0.481 e. The van der Waals surface area contributed by atoms with Gasteiger partial charge in [0, 0.05) is 24.2 Å². The predicted molar refractivity (Wildman–Crippen MR) is 155 cm³/mol. The van der Waals surface area contributed by atoms with Crippen LogP contribution in [0.25, 0.3) is 5.57 Å². The van der Waals surface area contributed by atoms with Gasteiger partial charge in [-0.1, -0.05) is 54.0 Å². The number of carboxylic acids is 1. The van der Waals surface area contributed by atoms with Crippen LogP contribution in [-0.2, 0) is 9.59 Å². The zero-order chi connectivity index (χ0) is 28.2. The molecule has 7 atom stereocenters. The van der Waals surface area contributed by atoms with Gasteiger partial charge in [-0.15, -0.1) is 0 Å². The topological polar surface area (TPSA) is 67.3 Å². The lowest BCUT2D eigenvalue weighted by atomic mass is 9.32. The number of allylic oxidation sites excluding steroid dienone is 2. The summed E-state index contributed by atoms with van der Waals surface area (Å²) >= 11 is 0. The molecule has 0 aliphatic heterocycles. The molecular formula is C35H49NO3. The number of fused-ring (bicyclic) bond motifs is 7. The third-order valence-electron chi connectivity index (χ3n) is 13.9. The first-order valence-electron chi connectivity index (χ1n) is 15.5. The van der Waals surface area contributed by atoms with Crippen LogP contribution in [0.5, 0.6) is 0 Å². The Kier molecular flexibility index (Phi) is 5.78. The molecule has 5 aliphatic carbocycles. The lowest BCUT2D eigenvalue weighted by Crippen LogP contribution is -2.65. The fraction of sp³-hybridized carbons (Fsp3) is 0.743. The van der Waals surface area contributed by atoms with Gasteiger partial charge >= 0.3 is 5.97 Å². The number of carbonyl (C=O) groups excluding carboxylic acids is 1. The van der Waals surface area contributed by atoms with Crippen LogP contribution in [0, 0.1) is 50.2 Å². The summed E-state index contributed by atoms with van der Waals surface area (Å²) in [4.78, 5) is 30.7. The normalized spacial score (nSPS) is 44.5. The van der Waals surface area contributed by atoms with E-state index in [4.69, 9.17) is 0 Å². The van der Waals surface area contributed by atoms with Crippen LogP contribution < -0.4 is 0 Å². The van der Waals surface area contributed by atoms with Crippen molar-refractivity contribution in [3.8, 4) is 0 Å². The van der Waals surface area contributed by atoms with Gasteiger partial charge in [-0.3, -0.25) is 14.6 Å². The second-order valence-electron chi connectivity index (χ2n) is 16.3. The molecule has 4 fully saturated rings. The number of carboxylic acid groups (broad SMARTS) is 1. The summed E-state index contributed by atoms with van der Waals surface area (Å²) in [7, 11) is 0. The molecule has 0 saturated heterocycles. The minimum Gasteiger partial charge on any atom is -0.481 e. The summed E-state index contributed by atoms with van der Waals surface area (Å²) < 4.78 is 0. The number of hydrogen-bond donors (Lipinski definition) is 1. The van der Waals surface area contributed by atoms with Crippen LogP contribution in [0.4, 0.5) is 0 Å². The molecule has 5 aliphatic rings. The van der Waals surface area contributed by atoms with Crippen molar-refractivity contribution in [1.82, 2.24) is 4.98 Å². The van der Waals surface area contributed by atoms with Crippen LogP contribution in [0.3, 0.4) is 0 Å². The highest BCUT2D eigenvalue weighted by molar-refractivity contribution is 5.86. The standard InChI is InChI=1S/C35H49NO3/c1-30(2)14-16-35(29(38)39)17-15-34(7)28(24(35)21-30)23(22-10-18-36-19-11-22)20-26-32(5)12-9-27(37)31(3,4)25(32)8-13-33(26,34)6/h10-11,18-19,24-26H,8-9,12-17,20-21H2,1-7H3,(H,38,39). The third-order valence-corrected chi connectivity index (χ3v) is 13.9. The van der Waals surface area contributed by atoms with Gasteiger partial charge in [-0.05, 0) is 120 Å². The van der Waals surface area contributed by atoms with Crippen molar-refractivity contribution in [3.63, 3.8) is 0 Å². The number of ketones is 1. The molecule has 1 N–H and O–H groups in total. The number of aliphatic carboxylic acids is 1. The number of carbonyl (C=O) groups is 2. The highest BCUT2D eigenvalue weighted by Crippen LogP contribution is 2.77. The van der Waals surface area contributed by atoms with E-state index in [2.05, 4.69) is 65.6 Å². The monoisotopic (exact) mass is 531 g/mol. The van der Waals surface area contributed by atoms with Crippen molar-refractivity contribution in [2.45, 2.75) is 113 Å². The SMILES string of the molecule is CC1(C)CCC2(C(=O)O)CCC3(C)C(=C(c4ccncc4)CC4C5(C)CCC(=O)C(C)(C)C5CCC43C)C2C1. The summed E-state index contributed by atoms with van der Waals surface area (Å²) in [6.07, 6.45) is 13.1. The Morgan fingerprint density at radius 1 is 0.897 bits per heavy atom. The van der Waals surface area contributed by atoms with E-state index in [1.165, 1.54) is 16.7 Å². The Bertz CT molecular complexity index is 1250. The van der Waals surface area contributed by atoms with Gasteiger partial charge in [0.25, 0.3) is 0 Å². The van der Waals surface area contributed by atoms with E-state index in [0.29, 0.717) is 24.0 Å². The molecule has 0 bridgehead atoms. The first-order valence-corrected chi connectivity index (χ1v) is 15.5. The lowest BCUT2D eigenvalue weighted by molar-refractivity contribution is -0.188. The van der Waals surface area contributed by atoms with Crippen LogP contribution in [0.1, 0.15) is 118 Å². The van der Waals surface area contributed by atoms with E-state index < -0.39 is 11.4 Å². The molecule has 0 amide bonds. The molecule has 4 saturated carbocycles. The molecule has 0 spiro atoms. The highest BCUT2D eigenvalue weighted by atomic mass is 16.4. The summed E-state index contributed by atoms with van der Waals surface area (Å²) in [5.41, 5.74) is 3.40. The second-order valence-corrected chi connectivity index (χ2v) is 16.3. The van der Waals surface area contributed by atoms with E-state index in [9.17, 15) is 14.7 Å². The molecule has 4 heteroatoms. The van der Waals surface area contributed by atoms with E-state index in [1.807, 2.05) is 12.4 Å². The Morgan fingerprint density at radius 3 is 2.23 bits per heavy atom. The summed E-state index contributed by atoms with van der Waals surface area (Å²) in [6.45, 7) is 16.7. The Morgan fingerprint density at radius 2 is 1.56 bits per heavy atom. The molecule has 0 aromatic carbocycles. The van der Waals surface area contributed by atoms with Gasteiger partial charge in [0.05, 0.1) is 5.41 Å². The number of nitrogens with zero attached hydrogens (tertiary/aromatic N) is 1. The van der Waals surface area contributed by atoms with Crippen LogP contribution in [0.15, 0.2) is 30.1 Å². The van der Waals surface area contributed by atoms with Crippen molar-refractivity contribution in [2.75, 3.05) is 0 Å². The number of rotatable bonds is 2. The Balaban J connectivity index is 1.60. The van der Waals surface area contributed by atoms with Crippen LogP contribution in [-0.4, -0.2) is 21.8 Å². The maximum Gasteiger partial charge on any atom is 0.310 e. The molecule has 1 heterocycles. The van der Waals surface area contributed by atoms with Gasteiger partial charge in [0.1, 0.15) is 5.78 Å². The molecule has 212 valence electrons. The summed E-state index contributed by atoms with van der Waals surface area (Å²) in [5.74, 6) is 0.774. The fourth-order valence-electron chi connectivity index (χ4n) is 11.4. The van der Waals surface area contributed by atoms with Crippen LogP contribution in [0.2, 0.25) is 0 Å². The quantitative estimate of drug-likeness (QED) is 0.416. The second kappa shape index (κ2) is 8.29. The van der Waals surface area contributed by atoms with Crippen molar-refractivity contribution >= 4 is 17.3 Å². The molecule has 1 aromatic heterocycles. The first-order chi connectivity index (χ1) is 18.1. The maximum absolute atomic E-state index is 13.2. The molecular weight excluding hydrogens is 482 g/mol. The zero-order valence-electron chi connectivity index (χ0n) is 25.3. The zero-order valence-corrected chi connectivity index (χ0v) is 25.3. The summed E-state index contributed by atoms with van der Waals surface area (Å²) in [6, 6.07) is 4.32. The number of pyridine rings is 1. The molecule has 6 rings (SSSR count). The van der Waals surface area contributed by atoms with Crippen molar-refractivity contribution in [3.05, 3.63) is 35.7 Å². The van der Waals surface area contributed by atoms with Gasteiger partial charge in [-0.25, -0.2) is 0 Å². The average Bonchev–Trinajstić information content (AvgIpc) is 2.87. The average molecular weight is 532 g/mol. The van der Waals surface area contributed by atoms with Gasteiger partial charge in [0.15, 0.2) is 0 Å². The van der Waals surface area contributed by atoms with Crippen molar-refractivity contribution in [1.29, 1.82) is 0 Å². The number of hydrogen-bond acceptors (Lipinski definition) is 3. The summed E-state index contributed by atoms with van der Waals surface area (Å²) in [5, 5.41) is 10.8. The Labute approximate surface area is 235 Å². The van der Waals surface area contributed by atoms with Gasteiger partial charge in [-0.2, -0.15) is 0 Å². The smallest absolute Gasteiger partial charge is 0.310 e. The lowest BCUT2D eigenvalue weighted by Gasteiger charge is -2.71. The minimum absolute atomic E-state index is 0.0633. The van der Waals surface area contributed by atoms with Crippen LogP contribution >= 0.6 is 0 Å².